The summed E-state index contributed by atoms with van der Waals surface area (Å²) in [6.07, 6.45) is 1.76. The Bertz CT molecular complexity index is 1060. The number of hydrogen-bond donors (Lipinski definition) is 2. The van der Waals surface area contributed by atoms with Crippen LogP contribution in [0.25, 0.3) is 6.08 Å². The molecule has 0 spiro atoms. The van der Waals surface area contributed by atoms with E-state index in [4.69, 9.17) is 12.2 Å². The van der Waals surface area contributed by atoms with Crippen molar-refractivity contribution >= 4 is 84.0 Å². The summed E-state index contributed by atoms with van der Waals surface area (Å²) >= 11 is 13.2. The number of thioether (sulfide) groups is 1. The maximum atomic E-state index is 12.6. The van der Waals surface area contributed by atoms with E-state index >= 15 is 0 Å². The largest absolute Gasteiger partial charge is 0.292 e. The van der Waals surface area contributed by atoms with E-state index in [-0.39, 0.29) is 18.9 Å². The van der Waals surface area contributed by atoms with Gasteiger partial charge >= 0.3 is 0 Å². The first-order valence-electron chi connectivity index (χ1n) is 8.70. The van der Waals surface area contributed by atoms with Crippen molar-refractivity contribution < 1.29 is 14.4 Å². The molecule has 2 aromatic rings. The number of amides is 3. The lowest BCUT2D eigenvalue weighted by Gasteiger charge is -2.14. The van der Waals surface area contributed by atoms with Gasteiger partial charge in [-0.1, -0.05) is 64.2 Å². The highest BCUT2D eigenvalue weighted by Crippen LogP contribution is 2.32. The van der Waals surface area contributed by atoms with Crippen molar-refractivity contribution in [1.82, 2.24) is 15.8 Å². The number of nitrogens with one attached hydrogen (secondary N) is 2. The lowest BCUT2D eigenvalue weighted by atomic mass is 10.2. The summed E-state index contributed by atoms with van der Waals surface area (Å²) in [6.45, 7) is 0.122. The van der Waals surface area contributed by atoms with Gasteiger partial charge in [0.1, 0.15) is 4.32 Å². The van der Waals surface area contributed by atoms with Crippen LogP contribution in [0, 0.1) is 0 Å². The molecule has 3 amide bonds. The zero-order valence-corrected chi connectivity index (χ0v) is 20.2. The molecule has 10 heteroatoms. The number of rotatable bonds is 5. The topological polar surface area (TPSA) is 78.5 Å². The fraction of sp³-hybridized carbons (Fsp3) is 0.100. The molecule has 1 heterocycles. The van der Waals surface area contributed by atoms with Crippen LogP contribution >= 0.6 is 55.8 Å². The highest BCUT2D eigenvalue weighted by Gasteiger charge is 2.32. The maximum absolute atomic E-state index is 12.6. The van der Waals surface area contributed by atoms with Crippen molar-refractivity contribution in [3.63, 3.8) is 0 Å². The summed E-state index contributed by atoms with van der Waals surface area (Å²) in [4.78, 5) is 38.7. The molecule has 0 atom stereocenters. The van der Waals surface area contributed by atoms with Crippen molar-refractivity contribution in [3.8, 4) is 0 Å². The molecule has 30 heavy (non-hydrogen) atoms. The molecule has 0 aliphatic carbocycles. The van der Waals surface area contributed by atoms with Crippen LogP contribution < -0.4 is 10.9 Å². The number of hydrogen-bond acceptors (Lipinski definition) is 5. The number of nitrogens with zero attached hydrogens (tertiary/aromatic N) is 1. The Kier molecular flexibility index (Phi) is 7.81. The molecule has 1 aliphatic heterocycles. The first kappa shape index (κ1) is 22.7. The third-order valence-corrected chi connectivity index (χ3v) is 6.58. The zero-order chi connectivity index (χ0) is 21.7. The van der Waals surface area contributed by atoms with Gasteiger partial charge < -0.3 is 0 Å². The minimum atomic E-state index is -0.446. The summed E-state index contributed by atoms with van der Waals surface area (Å²) in [7, 11) is 0. The molecule has 154 valence electrons. The second-order valence-electron chi connectivity index (χ2n) is 6.12. The molecule has 1 fully saturated rings. The Balaban J connectivity index is 1.53. The summed E-state index contributed by atoms with van der Waals surface area (Å²) in [5.74, 6) is -1.12. The van der Waals surface area contributed by atoms with Crippen LogP contribution in [0.15, 0.2) is 62.4 Å². The monoisotopic (exact) mass is 567 g/mol. The summed E-state index contributed by atoms with van der Waals surface area (Å²) in [5.41, 5.74) is 5.98. The van der Waals surface area contributed by atoms with Crippen LogP contribution in [-0.4, -0.2) is 33.5 Å². The smallest absolute Gasteiger partial charge is 0.270 e. The average Bonchev–Trinajstić information content (AvgIpc) is 2.97. The normalized spacial score (nSPS) is 14.9. The van der Waals surface area contributed by atoms with E-state index in [9.17, 15) is 14.4 Å². The minimum absolute atomic E-state index is 0.00710. The third-order valence-electron chi connectivity index (χ3n) is 4.02. The number of halogens is 2. The Morgan fingerprint density at radius 3 is 2.60 bits per heavy atom. The second kappa shape index (κ2) is 10.3. The van der Waals surface area contributed by atoms with E-state index in [2.05, 4.69) is 42.7 Å². The number of carbonyl (C=O) groups is 3. The van der Waals surface area contributed by atoms with Crippen LogP contribution in [0.1, 0.15) is 22.3 Å². The number of thiocarbonyl (C=S) groups is 1. The molecule has 0 radical (unpaired) electrons. The van der Waals surface area contributed by atoms with E-state index in [0.29, 0.717) is 19.3 Å². The molecular formula is C20H15Br2N3O3S2. The van der Waals surface area contributed by atoms with Crippen LogP contribution in [0.3, 0.4) is 0 Å². The highest BCUT2D eigenvalue weighted by atomic mass is 79.9. The van der Waals surface area contributed by atoms with Crippen molar-refractivity contribution in [3.05, 3.63) is 73.5 Å². The van der Waals surface area contributed by atoms with E-state index in [1.807, 2.05) is 24.3 Å². The van der Waals surface area contributed by atoms with Gasteiger partial charge in [0.2, 0.25) is 5.91 Å². The maximum Gasteiger partial charge on any atom is 0.270 e. The van der Waals surface area contributed by atoms with E-state index < -0.39 is 11.8 Å². The summed E-state index contributed by atoms with van der Waals surface area (Å²) in [5, 5.41) is 0. The van der Waals surface area contributed by atoms with Crippen molar-refractivity contribution in [2.45, 2.75) is 6.42 Å². The van der Waals surface area contributed by atoms with Gasteiger partial charge in [-0.3, -0.25) is 30.1 Å². The van der Waals surface area contributed by atoms with Crippen LogP contribution in [0.5, 0.6) is 0 Å². The van der Waals surface area contributed by atoms with Gasteiger partial charge in [0, 0.05) is 21.9 Å². The lowest BCUT2D eigenvalue weighted by Crippen LogP contribution is -2.43. The number of hydrazine groups is 1. The Labute approximate surface area is 199 Å². The van der Waals surface area contributed by atoms with Crippen molar-refractivity contribution in [2.75, 3.05) is 6.54 Å². The minimum Gasteiger partial charge on any atom is -0.292 e. The standard InChI is InChI=1S/C20H15Br2N3O3S2/c21-13-5-3-4-12(10-13)11-16-19(28)25(20(29)30-16)9-8-17(26)23-24-18(27)14-6-1-2-7-15(14)22/h1-7,10-11H,8-9H2,(H,23,26)(H,24,27). The third kappa shape index (κ3) is 5.78. The number of benzene rings is 2. The highest BCUT2D eigenvalue weighted by molar-refractivity contribution is 9.10. The Hall–Kier alpha value is -2.01. The Morgan fingerprint density at radius 1 is 1.10 bits per heavy atom. The van der Waals surface area contributed by atoms with Gasteiger partial charge in [0.15, 0.2) is 0 Å². The quantitative estimate of drug-likeness (QED) is 0.320. The Morgan fingerprint density at radius 2 is 1.87 bits per heavy atom. The van der Waals surface area contributed by atoms with Gasteiger partial charge in [0.25, 0.3) is 11.8 Å². The SMILES string of the molecule is O=C(CCN1C(=O)C(=Cc2cccc(Br)c2)SC1=S)NNC(=O)c1ccccc1Br. The number of carbonyl (C=O) groups excluding carboxylic acids is 3. The van der Waals surface area contributed by atoms with E-state index in [1.165, 1.54) is 16.7 Å². The fourth-order valence-corrected chi connectivity index (χ4v) is 4.75. The summed E-state index contributed by atoms with van der Waals surface area (Å²) in [6, 6.07) is 14.4. The average molecular weight is 569 g/mol. The molecule has 6 nitrogen and oxygen atoms in total. The van der Waals surface area contributed by atoms with Gasteiger partial charge in [-0.2, -0.15) is 0 Å². The molecule has 3 rings (SSSR count). The van der Waals surface area contributed by atoms with Gasteiger partial charge in [-0.15, -0.1) is 0 Å². The molecule has 1 saturated heterocycles. The molecular weight excluding hydrogens is 554 g/mol. The molecule has 2 N–H and O–H groups in total. The van der Waals surface area contributed by atoms with Crippen LogP contribution in [0.4, 0.5) is 0 Å². The molecule has 0 bridgehead atoms. The molecule has 0 aromatic heterocycles. The van der Waals surface area contributed by atoms with Gasteiger partial charge in [-0.05, 0) is 51.8 Å². The van der Waals surface area contributed by atoms with Gasteiger partial charge in [-0.25, -0.2) is 0 Å². The fourth-order valence-electron chi connectivity index (χ4n) is 2.56. The van der Waals surface area contributed by atoms with Crippen molar-refractivity contribution in [2.24, 2.45) is 0 Å². The predicted octanol–water partition coefficient (Wildman–Crippen LogP) is 4.26. The molecule has 0 saturated carbocycles. The molecule has 1 aliphatic rings. The molecule has 0 unspecified atom stereocenters. The van der Waals surface area contributed by atoms with E-state index in [0.717, 1.165) is 10.0 Å². The van der Waals surface area contributed by atoms with Crippen LogP contribution in [0.2, 0.25) is 0 Å². The predicted molar refractivity (Wildman–Crippen MR) is 128 cm³/mol. The zero-order valence-electron chi connectivity index (χ0n) is 15.4. The second-order valence-corrected chi connectivity index (χ2v) is 9.57. The van der Waals surface area contributed by atoms with Gasteiger partial charge in [0.05, 0.1) is 10.5 Å². The van der Waals surface area contributed by atoms with E-state index in [1.54, 1.807) is 30.3 Å². The van der Waals surface area contributed by atoms with Crippen molar-refractivity contribution in [1.29, 1.82) is 0 Å². The first-order valence-corrected chi connectivity index (χ1v) is 11.5. The molecule has 2 aromatic carbocycles. The van der Waals surface area contributed by atoms with Crippen LogP contribution in [-0.2, 0) is 9.59 Å². The first-order chi connectivity index (χ1) is 14.3. The lowest BCUT2D eigenvalue weighted by molar-refractivity contribution is -0.124. The summed E-state index contributed by atoms with van der Waals surface area (Å²) < 4.78 is 1.92.